The number of hydrogen-bond donors (Lipinski definition) is 1. The van der Waals surface area contributed by atoms with Gasteiger partial charge in [0.15, 0.2) is 0 Å². The number of benzene rings is 3. The van der Waals surface area contributed by atoms with E-state index in [0.717, 1.165) is 15.2 Å². The molecule has 4 rings (SSSR count). The summed E-state index contributed by atoms with van der Waals surface area (Å²) in [5.41, 5.74) is 1.27. The summed E-state index contributed by atoms with van der Waals surface area (Å²) in [4.78, 5) is 4.56. The van der Waals surface area contributed by atoms with E-state index in [0.29, 0.717) is 17.2 Å². The summed E-state index contributed by atoms with van der Waals surface area (Å²) in [7, 11) is -3.69. The molecule has 1 aromatic heterocycles. The lowest BCUT2D eigenvalue weighted by atomic mass is 10.3. The summed E-state index contributed by atoms with van der Waals surface area (Å²) >= 11 is 1.58. The van der Waals surface area contributed by atoms with Gasteiger partial charge in [-0.05, 0) is 61.5 Å². The van der Waals surface area contributed by atoms with Crippen LogP contribution in [0, 0.1) is 6.92 Å². The second kappa shape index (κ2) is 7.02. The van der Waals surface area contributed by atoms with Gasteiger partial charge in [0.1, 0.15) is 11.5 Å². The molecule has 0 saturated carbocycles. The first kappa shape index (κ1) is 17.5. The smallest absolute Gasteiger partial charge is 0.261 e. The molecule has 0 amide bonds. The van der Waals surface area contributed by atoms with Crippen molar-refractivity contribution in [1.82, 2.24) is 4.98 Å². The third-order valence-electron chi connectivity index (χ3n) is 3.86. The summed E-state index contributed by atoms with van der Waals surface area (Å²) in [6, 6.07) is 21.0. The quantitative estimate of drug-likeness (QED) is 0.503. The normalized spacial score (nSPS) is 11.4. The van der Waals surface area contributed by atoms with Crippen molar-refractivity contribution in [3.05, 3.63) is 77.8 Å². The number of fused-ring (bicyclic) bond motifs is 1. The third kappa shape index (κ3) is 3.94. The Labute approximate surface area is 161 Å². The molecule has 27 heavy (non-hydrogen) atoms. The van der Waals surface area contributed by atoms with Gasteiger partial charge in [-0.3, -0.25) is 4.72 Å². The summed E-state index contributed by atoms with van der Waals surface area (Å²) < 4.78 is 34.6. The highest BCUT2D eigenvalue weighted by molar-refractivity contribution is 7.92. The Kier molecular flexibility index (Phi) is 4.55. The molecule has 0 saturated heterocycles. The van der Waals surface area contributed by atoms with Gasteiger partial charge >= 0.3 is 0 Å². The van der Waals surface area contributed by atoms with Gasteiger partial charge in [-0.15, -0.1) is 11.3 Å². The van der Waals surface area contributed by atoms with E-state index in [-0.39, 0.29) is 4.90 Å². The number of rotatable bonds is 5. The maximum Gasteiger partial charge on any atom is 0.261 e. The van der Waals surface area contributed by atoms with Crippen molar-refractivity contribution < 1.29 is 13.2 Å². The summed E-state index contributed by atoms with van der Waals surface area (Å²) in [5, 5.41) is 0.944. The Morgan fingerprint density at radius 1 is 0.926 bits per heavy atom. The monoisotopic (exact) mass is 396 g/mol. The molecule has 0 unspecified atom stereocenters. The van der Waals surface area contributed by atoms with E-state index >= 15 is 0 Å². The third-order valence-corrected chi connectivity index (χ3v) is 6.21. The number of anilines is 1. The van der Waals surface area contributed by atoms with Crippen LogP contribution in [0.3, 0.4) is 0 Å². The zero-order valence-electron chi connectivity index (χ0n) is 14.4. The summed E-state index contributed by atoms with van der Waals surface area (Å²) in [6.07, 6.45) is 0. The number of hydrogen-bond acceptors (Lipinski definition) is 5. The molecule has 0 fully saturated rings. The number of nitrogens with zero attached hydrogens (tertiary/aromatic N) is 1. The lowest BCUT2D eigenvalue weighted by Gasteiger charge is -2.09. The van der Waals surface area contributed by atoms with E-state index in [2.05, 4.69) is 9.71 Å². The number of ether oxygens (including phenoxy) is 1. The van der Waals surface area contributed by atoms with E-state index in [1.54, 1.807) is 35.6 Å². The van der Waals surface area contributed by atoms with Gasteiger partial charge in [0.05, 0.1) is 25.8 Å². The number of para-hydroxylation sites is 1. The van der Waals surface area contributed by atoms with E-state index < -0.39 is 10.0 Å². The van der Waals surface area contributed by atoms with Crippen molar-refractivity contribution in [2.24, 2.45) is 0 Å². The topological polar surface area (TPSA) is 68.3 Å². The van der Waals surface area contributed by atoms with Crippen LogP contribution < -0.4 is 9.46 Å². The molecule has 0 radical (unpaired) electrons. The molecule has 1 heterocycles. The van der Waals surface area contributed by atoms with Crippen LogP contribution in [0.25, 0.3) is 10.2 Å². The highest BCUT2D eigenvalue weighted by Crippen LogP contribution is 2.27. The Morgan fingerprint density at radius 2 is 1.63 bits per heavy atom. The molecule has 0 aliphatic heterocycles. The first-order chi connectivity index (χ1) is 13.0. The van der Waals surface area contributed by atoms with Gasteiger partial charge in [-0.25, -0.2) is 13.4 Å². The van der Waals surface area contributed by atoms with Crippen LogP contribution in [0.15, 0.2) is 77.7 Å². The molecular formula is C20H16N2O3S2. The molecule has 3 aromatic carbocycles. The van der Waals surface area contributed by atoms with Gasteiger partial charge in [-0.2, -0.15) is 0 Å². The Balaban J connectivity index is 1.53. The van der Waals surface area contributed by atoms with Crippen molar-refractivity contribution in [1.29, 1.82) is 0 Å². The van der Waals surface area contributed by atoms with Crippen molar-refractivity contribution in [2.45, 2.75) is 11.8 Å². The second-order valence-electron chi connectivity index (χ2n) is 5.91. The molecule has 0 aliphatic rings. The zero-order valence-corrected chi connectivity index (χ0v) is 16.0. The first-order valence-electron chi connectivity index (χ1n) is 8.23. The van der Waals surface area contributed by atoms with Crippen molar-refractivity contribution >= 4 is 37.3 Å². The van der Waals surface area contributed by atoms with Crippen LogP contribution in [0.5, 0.6) is 11.5 Å². The summed E-state index contributed by atoms with van der Waals surface area (Å²) in [6.45, 7) is 1.92. The number of sulfonamides is 1. The molecule has 7 heteroatoms. The van der Waals surface area contributed by atoms with Crippen LogP contribution in [0.4, 0.5) is 5.69 Å². The fraction of sp³-hybridized carbons (Fsp3) is 0.0500. The molecule has 136 valence electrons. The first-order valence-corrected chi connectivity index (χ1v) is 10.5. The predicted molar refractivity (Wildman–Crippen MR) is 108 cm³/mol. The lowest BCUT2D eigenvalue weighted by Crippen LogP contribution is -2.12. The molecule has 0 aliphatic carbocycles. The lowest BCUT2D eigenvalue weighted by molar-refractivity contribution is 0.482. The molecule has 5 nitrogen and oxygen atoms in total. The van der Waals surface area contributed by atoms with Crippen molar-refractivity contribution in [3.63, 3.8) is 0 Å². The highest BCUT2D eigenvalue weighted by atomic mass is 32.2. The van der Waals surface area contributed by atoms with Gasteiger partial charge in [0.2, 0.25) is 0 Å². The van der Waals surface area contributed by atoms with Gasteiger partial charge in [0.25, 0.3) is 10.0 Å². The minimum absolute atomic E-state index is 0.164. The van der Waals surface area contributed by atoms with E-state index in [9.17, 15) is 8.42 Å². The van der Waals surface area contributed by atoms with Gasteiger partial charge < -0.3 is 4.74 Å². The van der Waals surface area contributed by atoms with Crippen LogP contribution in [0.1, 0.15) is 5.01 Å². The minimum Gasteiger partial charge on any atom is -0.457 e. The predicted octanol–water partition coefficient (Wildman–Crippen LogP) is 5.20. The zero-order chi connectivity index (χ0) is 18.9. The number of aryl methyl sites for hydroxylation is 1. The van der Waals surface area contributed by atoms with Crippen molar-refractivity contribution in [3.8, 4) is 11.5 Å². The Bertz CT molecular complexity index is 1190. The average molecular weight is 396 g/mol. The largest absolute Gasteiger partial charge is 0.457 e. The van der Waals surface area contributed by atoms with Crippen LogP contribution in [0.2, 0.25) is 0 Å². The van der Waals surface area contributed by atoms with Crippen LogP contribution in [-0.4, -0.2) is 13.4 Å². The van der Waals surface area contributed by atoms with E-state index in [1.165, 1.54) is 12.1 Å². The molecular weight excluding hydrogens is 380 g/mol. The Hall–Kier alpha value is -2.90. The molecule has 4 aromatic rings. The van der Waals surface area contributed by atoms with Crippen LogP contribution in [-0.2, 0) is 10.0 Å². The number of aromatic nitrogens is 1. The minimum atomic E-state index is -3.69. The Morgan fingerprint density at radius 3 is 2.37 bits per heavy atom. The molecule has 0 atom stereocenters. The second-order valence-corrected chi connectivity index (χ2v) is 8.82. The number of thiazole rings is 1. The standard InChI is InChI=1S/C20H16N2O3S2/c1-14-21-19-13-15(7-12-20(19)26-14)22-27(23,24)18-10-8-17(9-11-18)25-16-5-3-2-4-6-16/h2-13,22H,1H3. The molecule has 1 N–H and O–H groups in total. The molecule has 0 bridgehead atoms. The summed E-state index contributed by atoms with van der Waals surface area (Å²) in [5.74, 6) is 1.26. The maximum absolute atomic E-state index is 12.6. The highest BCUT2D eigenvalue weighted by Gasteiger charge is 2.15. The van der Waals surface area contributed by atoms with Gasteiger partial charge in [-0.1, -0.05) is 18.2 Å². The maximum atomic E-state index is 12.6. The average Bonchev–Trinajstić information content (AvgIpc) is 3.02. The van der Waals surface area contributed by atoms with Crippen LogP contribution >= 0.6 is 11.3 Å². The van der Waals surface area contributed by atoms with E-state index in [1.807, 2.05) is 43.3 Å². The SMILES string of the molecule is Cc1nc2cc(NS(=O)(=O)c3ccc(Oc4ccccc4)cc3)ccc2s1. The number of nitrogens with one attached hydrogen (secondary N) is 1. The van der Waals surface area contributed by atoms with Gasteiger partial charge in [0, 0.05) is 0 Å². The van der Waals surface area contributed by atoms with E-state index in [4.69, 9.17) is 4.74 Å². The molecule has 0 spiro atoms. The fourth-order valence-electron chi connectivity index (χ4n) is 2.63. The van der Waals surface area contributed by atoms with Crippen molar-refractivity contribution in [2.75, 3.05) is 4.72 Å². The fourth-order valence-corrected chi connectivity index (χ4v) is 4.49.